The molecule has 0 radical (unpaired) electrons. The first kappa shape index (κ1) is 11.6. The van der Waals surface area contributed by atoms with Crippen LogP contribution in [0.4, 0.5) is 0 Å². The molecule has 1 unspecified atom stereocenters. The van der Waals surface area contributed by atoms with Crippen LogP contribution in [0, 0.1) is 0 Å². The largest absolute Gasteiger partial charge is 0.480 e. The predicted molar refractivity (Wildman–Crippen MR) is 60.9 cm³/mol. The molecule has 0 saturated carbocycles. The third-order valence-electron chi connectivity index (χ3n) is 1.63. The number of nitrogens with zero attached hydrogens (tertiary/aromatic N) is 1. The highest BCUT2D eigenvalue weighted by atomic mass is 32.1. The SMILES string of the molecule is CC(N)C(=O)O.c1ccc2scnc2c1. The Kier molecular flexibility index (Phi) is 4.20. The summed E-state index contributed by atoms with van der Waals surface area (Å²) in [6.07, 6.45) is 0. The van der Waals surface area contributed by atoms with Gasteiger partial charge in [0, 0.05) is 0 Å². The van der Waals surface area contributed by atoms with Gasteiger partial charge in [0.1, 0.15) is 6.04 Å². The summed E-state index contributed by atoms with van der Waals surface area (Å²) in [6, 6.07) is 7.39. The molecule has 2 rings (SSSR count). The Balaban J connectivity index is 0.000000167. The maximum absolute atomic E-state index is 9.57. The fourth-order valence-electron chi connectivity index (χ4n) is 0.803. The van der Waals surface area contributed by atoms with Crippen molar-refractivity contribution in [3.05, 3.63) is 29.8 Å². The van der Waals surface area contributed by atoms with Crippen LogP contribution < -0.4 is 5.73 Å². The Morgan fingerprint density at radius 1 is 1.53 bits per heavy atom. The molecule has 0 fully saturated rings. The van der Waals surface area contributed by atoms with Gasteiger partial charge in [-0.2, -0.15) is 0 Å². The fraction of sp³-hybridized carbons (Fsp3) is 0.200. The molecular weight excluding hydrogens is 212 g/mol. The Labute approximate surface area is 91.4 Å². The van der Waals surface area contributed by atoms with Crippen LogP contribution in [0.5, 0.6) is 0 Å². The summed E-state index contributed by atoms with van der Waals surface area (Å²) in [4.78, 5) is 13.7. The van der Waals surface area contributed by atoms with Gasteiger partial charge in [0.05, 0.1) is 15.7 Å². The number of carbonyl (C=O) groups is 1. The summed E-state index contributed by atoms with van der Waals surface area (Å²) in [5.41, 5.74) is 7.80. The van der Waals surface area contributed by atoms with Gasteiger partial charge in [0.25, 0.3) is 0 Å². The first-order valence-electron chi connectivity index (χ1n) is 4.38. The van der Waals surface area contributed by atoms with Crippen molar-refractivity contribution in [2.45, 2.75) is 13.0 Å². The van der Waals surface area contributed by atoms with Crippen molar-refractivity contribution in [3.8, 4) is 0 Å². The molecule has 0 spiro atoms. The first-order valence-corrected chi connectivity index (χ1v) is 5.26. The zero-order valence-electron chi connectivity index (χ0n) is 8.25. The second-order valence-corrected chi connectivity index (χ2v) is 3.83. The molecule has 1 atom stereocenters. The lowest BCUT2D eigenvalue weighted by atomic mass is 10.3. The highest BCUT2D eigenvalue weighted by Gasteiger charge is 1.99. The minimum Gasteiger partial charge on any atom is -0.480 e. The fourth-order valence-corrected chi connectivity index (χ4v) is 1.48. The number of benzene rings is 1. The number of para-hydroxylation sites is 1. The van der Waals surface area contributed by atoms with Gasteiger partial charge in [0.15, 0.2) is 0 Å². The van der Waals surface area contributed by atoms with Crippen molar-refractivity contribution in [1.82, 2.24) is 4.98 Å². The maximum atomic E-state index is 9.57. The van der Waals surface area contributed by atoms with E-state index in [1.165, 1.54) is 11.6 Å². The van der Waals surface area contributed by atoms with Crippen LogP contribution in [0.1, 0.15) is 6.92 Å². The van der Waals surface area contributed by atoms with Crippen LogP contribution in [0.15, 0.2) is 29.8 Å². The zero-order chi connectivity index (χ0) is 11.3. The van der Waals surface area contributed by atoms with Crippen LogP contribution in [0.25, 0.3) is 10.2 Å². The van der Waals surface area contributed by atoms with Crippen LogP contribution in [-0.2, 0) is 4.79 Å². The van der Waals surface area contributed by atoms with Gasteiger partial charge in [-0.05, 0) is 19.1 Å². The molecule has 3 N–H and O–H groups in total. The molecule has 1 aromatic carbocycles. The second kappa shape index (κ2) is 5.43. The molecule has 2 aromatic rings. The Hall–Kier alpha value is -1.46. The summed E-state index contributed by atoms with van der Waals surface area (Å²) >= 11 is 1.68. The number of aliphatic carboxylic acids is 1. The number of fused-ring (bicyclic) bond motifs is 1. The lowest BCUT2D eigenvalue weighted by Crippen LogP contribution is -2.25. The number of aromatic nitrogens is 1. The summed E-state index contributed by atoms with van der Waals surface area (Å²) < 4.78 is 1.26. The third-order valence-corrected chi connectivity index (χ3v) is 2.44. The van der Waals surface area contributed by atoms with Gasteiger partial charge in [-0.15, -0.1) is 11.3 Å². The van der Waals surface area contributed by atoms with E-state index in [-0.39, 0.29) is 0 Å². The molecule has 1 heterocycles. The van der Waals surface area contributed by atoms with Crippen LogP contribution in [0.2, 0.25) is 0 Å². The predicted octanol–water partition coefficient (Wildman–Crippen LogP) is 1.71. The molecule has 0 aliphatic heterocycles. The number of nitrogens with two attached hydrogens (primary N) is 1. The quantitative estimate of drug-likeness (QED) is 0.773. The average molecular weight is 224 g/mol. The molecule has 0 aliphatic carbocycles. The molecule has 0 amide bonds. The summed E-state index contributed by atoms with van der Waals surface area (Å²) in [5, 5.41) is 7.87. The van der Waals surface area contributed by atoms with Crippen molar-refractivity contribution >= 4 is 27.5 Å². The second-order valence-electron chi connectivity index (χ2n) is 2.95. The lowest BCUT2D eigenvalue weighted by molar-refractivity contribution is -0.138. The number of hydrogen-bond acceptors (Lipinski definition) is 4. The Bertz CT molecular complexity index is 409. The van der Waals surface area contributed by atoms with E-state index in [9.17, 15) is 4.79 Å². The van der Waals surface area contributed by atoms with E-state index in [1.54, 1.807) is 11.3 Å². The van der Waals surface area contributed by atoms with Crippen molar-refractivity contribution in [1.29, 1.82) is 0 Å². The van der Waals surface area contributed by atoms with Crippen LogP contribution >= 0.6 is 11.3 Å². The van der Waals surface area contributed by atoms with Gasteiger partial charge in [-0.1, -0.05) is 12.1 Å². The van der Waals surface area contributed by atoms with Crippen molar-refractivity contribution in [3.63, 3.8) is 0 Å². The molecule has 0 saturated heterocycles. The first-order chi connectivity index (χ1) is 7.11. The van der Waals surface area contributed by atoms with Crippen molar-refractivity contribution in [2.75, 3.05) is 0 Å². The monoisotopic (exact) mass is 224 g/mol. The van der Waals surface area contributed by atoms with E-state index in [0.29, 0.717) is 0 Å². The standard InChI is InChI=1S/C7H5NS.C3H7NO2/c1-2-4-7-6(3-1)8-5-9-7;1-2(4)3(5)6/h1-5H;2H,4H2,1H3,(H,5,6). The van der Waals surface area contributed by atoms with Gasteiger partial charge in [-0.3, -0.25) is 4.79 Å². The highest BCUT2D eigenvalue weighted by Crippen LogP contribution is 2.15. The maximum Gasteiger partial charge on any atom is 0.320 e. The molecular formula is C10H12N2O2S. The van der Waals surface area contributed by atoms with Crippen LogP contribution in [0.3, 0.4) is 0 Å². The average Bonchev–Trinajstić information content (AvgIpc) is 2.66. The molecule has 1 aromatic heterocycles. The zero-order valence-corrected chi connectivity index (χ0v) is 9.07. The summed E-state index contributed by atoms with van der Waals surface area (Å²) in [7, 11) is 0. The Morgan fingerprint density at radius 2 is 2.13 bits per heavy atom. The molecule has 15 heavy (non-hydrogen) atoms. The lowest BCUT2D eigenvalue weighted by Gasteiger charge is -1.90. The minimum atomic E-state index is -0.963. The van der Waals surface area contributed by atoms with E-state index < -0.39 is 12.0 Å². The Morgan fingerprint density at radius 3 is 2.67 bits per heavy atom. The number of rotatable bonds is 1. The van der Waals surface area contributed by atoms with Crippen molar-refractivity contribution < 1.29 is 9.90 Å². The van der Waals surface area contributed by atoms with E-state index in [4.69, 9.17) is 10.8 Å². The van der Waals surface area contributed by atoms with E-state index in [0.717, 1.165) is 5.52 Å². The minimum absolute atomic E-state index is 0.731. The summed E-state index contributed by atoms with van der Waals surface area (Å²) in [6.45, 7) is 1.42. The van der Waals surface area contributed by atoms with Gasteiger partial charge in [-0.25, -0.2) is 4.98 Å². The van der Waals surface area contributed by atoms with E-state index in [1.807, 2.05) is 23.7 Å². The van der Waals surface area contributed by atoms with Crippen molar-refractivity contribution in [2.24, 2.45) is 5.73 Å². The smallest absolute Gasteiger partial charge is 0.320 e. The van der Waals surface area contributed by atoms with Crippen LogP contribution in [-0.4, -0.2) is 22.1 Å². The van der Waals surface area contributed by atoms with Gasteiger partial charge in [0.2, 0.25) is 0 Å². The molecule has 80 valence electrons. The highest BCUT2D eigenvalue weighted by molar-refractivity contribution is 7.16. The topological polar surface area (TPSA) is 76.2 Å². The van der Waals surface area contributed by atoms with E-state index >= 15 is 0 Å². The molecule has 5 heteroatoms. The number of carboxylic acid groups (broad SMARTS) is 1. The third kappa shape index (κ3) is 3.65. The molecule has 4 nitrogen and oxygen atoms in total. The number of hydrogen-bond donors (Lipinski definition) is 2. The summed E-state index contributed by atoms with van der Waals surface area (Å²) in [5.74, 6) is -0.963. The molecule has 0 bridgehead atoms. The molecule has 0 aliphatic rings. The van der Waals surface area contributed by atoms with Gasteiger partial charge >= 0.3 is 5.97 Å². The normalized spacial score (nSPS) is 11.6. The van der Waals surface area contributed by atoms with Gasteiger partial charge < -0.3 is 10.8 Å². The number of thiazole rings is 1. The van der Waals surface area contributed by atoms with E-state index in [2.05, 4.69) is 11.1 Å². The number of carboxylic acids is 1.